The fourth-order valence-electron chi connectivity index (χ4n) is 3.47. The first-order valence-corrected chi connectivity index (χ1v) is 15.3. The molecule has 0 aromatic carbocycles. The molecule has 0 atom stereocenters. The minimum Gasteiger partial charge on any atom is -0.299 e. The Hall–Kier alpha value is -1.26. The van der Waals surface area contributed by atoms with Gasteiger partial charge in [-0.1, -0.05) is 47.5 Å². The number of hydrogen-bond acceptors (Lipinski definition) is 4. The fourth-order valence-corrected chi connectivity index (χ4v) is 9.44. The second kappa shape index (κ2) is 12.7. The number of carbonyl (C=O) groups is 1. The van der Waals surface area contributed by atoms with Gasteiger partial charge in [-0.15, -0.1) is 10.3 Å². The average molecular weight is 731 g/mol. The third kappa shape index (κ3) is 6.60. The van der Waals surface area contributed by atoms with Gasteiger partial charge in [0.05, 0.1) is 5.75 Å². The zero-order chi connectivity index (χ0) is 36.0. The van der Waals surface area contributed by atoms with Gasteiger partial charge in [0.1, 0.15) is 5.78 Å². The summed E-state index contributed by atoms with van der Waals surface area (Å²) < 4.78 is 260. The molecule has 0 aromatic heterocycles. The van der Waals surface area contributed by atoms with Gasteiger partial charge in [0, 0.05) is 16.9 Å². The van der Waals surface area contributed by atoms with Gasteiger partial charge >= 0.3 is 57.1 Å². The van der Waals surface area contributed by atoms with E-state index in [4.69, 9.17) is 0 Å². The Kier molecular flexibility index (Phi) is 12.4. The molecule has 0 unspecified atom stereocenters. The lowest BCUT2D eigenvalue weighted by atomic mass is 9.91. The topological polar surface area (TPSA) is 60.4 Å². The number of halogens is 17. The largest absolute Gasteiger partial charge is 0.460 e. The van der Waals surface area contributed by atoms with E-state index >= 15 is 0 Å². The third-order valence-electron chi connectivity index (χ3n) is 6.27. The molecule has 266 valence electrons. The number of Topliss-reactive ketones (excluding diaryl/α,β-unsaturated/α-hetero) is 1. The molecule has 0 rings (SSSR count). The second-order valence-electron chi connectivity index (χ2n) is 10.0. The molecule has 0 radical (unpaired) electrons. The smallest absolute Gasteiger partial charge is 0.299 e. The molecule has 0 aliphatic rings. The summed E-state index contributed by atoms with van der Waals surface area (Å²) in [6.07, 6.45) is -7.21. The first-order valence-electron chi connectivity index (χ1n) is 12.0. The van der Waals surface area contributed by atoms with Crippen molar-refractivity contribution in [2.45, 2.75) is 118 Å². The van der Waals surface area contributed by atoms with Crippen LogP contribution >= 0.6 is 10.3 Å². The van der Waals surface area contributed by atoms with Crippen LogP contribution in [0.2, 0.25) is 0 Å². The molecule has 0 aliphatic carbocycles. The van der Waals surface area contributed by atoms with Crippen molar-refractivity contribution >= 4 is 26.2 Å². The molecule has 0 amide bonds. The Labute approximate surface area is 241 Å². The highest BCUT2D eigenvalue weighted by Gasteiger charge is 2.96. The lowest BCUT2D eigenvalue weighted by Gasteiger charge is -2.46. The number of hydrogen-bond donors (Lipinski definition) is 0. The van der Waals surface area contributed by atoms with Crippen LogP contribution in [0, 0.1) is 0 Å². The Bertz CT molecular complexity index is 1110. The van der Waals surface area contributed by atoms with E-state index in [-0.39, 0.29) is 12.8 Å². The van der Waals surface area contributed by atoms with Crippen LogP contribution in [-0.4, -0.2) is 77.4 Å². The van der Waals surface area contributed by atoms with Crippen molar-refractivity contribution in [2.75, 3.05) is 5.75 Å². The lowest BCUT2D eigenvalue weighted by Crippen LogP contribution is -2.75. The lowest BCUT2D eigenvalue weighted by molar-refractivity contribution is -0.458. The molecule has 0 bridgehead atoms. The highest BCUT2D eigenvalue weighted by Crippen LogP contribution is 2.66. The van der Waals surface area contributed by atoms with Crippen LogP contribution in [0.3, 0.4) is 0 Å². The van der Waals surface area contributed by atoms with Crippen LogP contribution < -0.4 is 0 Å². The van der Waals surface area contributed by atoms with Crippen molar-refractivity contribution in [3.8, 4) is 0 Å². The summed E-state index contributed by atoms with van der Waals surface area (Å²) in [6.45, 7) is 5.59. The summed E-state index contributed by atoms with van der Waals surface area (Å²) >= 11 is 0. The minimum absolute atomic E-state index is 0.134. The molecule has 0 aliphatic heterocycles. The number of unbranched alkanes of at least 4 members (excludes halogenated alkanes) is 2. The van der Waals surface area contributed by atoms with Crippen LogP contribution in [-0.2, 0) is 18.5 Å². The van der Waals surface area contributed by atoms with Crippen molar-refractivity contribution in [1.82, 2.24) is 0 Å². The SMILES string of the molecule is CCCCCC(=O)CS(OS(=O)(=O)C(F)(F)C(F)(F)C(F)(F)C(F)(F)C(F)(F)C(F)(F)C(F)(F)C(F)(F)F)(C(C)C)C(C)C. The van der Waals surface area contributed by atoms with Crippen molar-refractivity contribution in [3.63, 3.8) is 0 Å². The molecule has 44 heavy (non-hydrogen) atoms. The summed E-state index contributed by atoms with van der Waals surface area (Å²) in [4.78, 5) is 12.4. The van der Waals surface area contributed by atoms with E-state index in [1.54, 1.807) is 6.92 Å². The maximum Gasteiger partial charge on any atom is 0.460 e. The van der Waals surface area contributed by atoms with Gasteiger partial charge in [-0.2, -0.15) is 83.1 Å². The van der Waals surface area contributed by atoms with Gasteiger partial charge in [0.2, 0.25) is 0 Å². The number of carbonyl (C=O) groups excluding carboxylic acids is 1. The van der Waals surface area contributed by atoms with Gasteiger partial charge in [0.25, 0.3) is 0 Å². The number of ketones is 1. The van der Waals surface area contributed by atoms with Gasteiger partial charge in [-0.3, -0.25) is 4.79 Å². The second-order valence-corrected chi connectivity index (χ2v) is 15.7. The molecular formula is C21H27F17O4S2. The van der Waals surface area contributed by atoms with Gasteiger partial charge < -0.3 is 0 Å². The zero-order valence-electron chi connectivity index (χ0n) is 23.1. The first kappa shape index (κ1) is 42.7. The van der Waals surface area contributed by atoms with Crippen LogP contribution in [0.1, 0.15) is 60.3 Å². The molecule has 0 saturated heterocycles. The molecule has 0 saturated carbocycles. The van der Waals surface area contributed by atoms with Crippen molar-refractivity contribution in [2.24, 2.45) is 0 Å². The van der Waals surface area contributed by atoms with E-state index < -0.39 is 89.4 Å². The maximum absolute atomic E-state index is 14.6. The monoisotopic (exact) mass is 730 g/mol. The number of rotatable bonds is 17. The Morgan fingerprint density at radius 3 is 1.25 bits per heavy atom. The highest BCUT2D eigenvalue weighted by atomic mass is 32.3. The van der Waals surface area contributed by atoms with Gasteiger partial charge in [-0.25, -0.2) is 3.63 Å². The van der Waals surface area contributed by atoms with E-state index in [0.29, 0.717) is 12.8 Å². The summed E-state index contributed by atoms with van der Waals surface area (Å²) in [6, 6.07) is 0. The van der Waals surface area contributed by atoms with Crippen LogP contribution in [0.4, 0.5) is 74.6 Å². The van der Waals surface area contributed by atoms with E-state index in [1.807, 2.05) is 0 Å². The van der Waals surface area contributed by atoms with Crippen LogP contribution in [0.25, 0.3) is 0 Å². The molecule has 0 heterocycles. The van der Waals surface area contributed by atoms with Crippen molar-refractivity contribution in [3.05, 3.63) is 0 Å². The van der Waals surface area contributed by atoms with Crippen LogP contribution in [0.15, 0.2) is 0 Å². The van der Waals surface area contributed by atoms with Crippen molar-refractivity contribution < 1.29 is 91.5 Å². The first-order chi connectivity index (χ1) is 19.0. The standard InChI is InChI=1S/C21H27F17O4S2/c1-6-7-8-9-13(39)10-43(11(2)3,12(4)5)42-44(40,41)21(37,38)19(32,33)17(28,29)15(24,25)14(22,23)16(26,27)18(30,31)20(34,35)36/h11-12H,6-10H2,1-5H3. The molecule has 0 N–H and O–H groups in total. The molecule has 0 fully saturated rings. The van der Waals surface area contributed by atoms with E-state index in [1.165, 1.54) is 0 Å². The van der Waals surface area contributed by atoms with Gasteiger partial charge in [0.15, 0.2) is 0 Å². The van der Waals surface area contributed by atoms with Crippen LogP contribution in [0.5, 0.6) is 0 Å². The minimum atomic E-state index is -8.93. The Balaban J connectivity index is 7.11. The van der Waals surface area contributed by atoms with Crippen molar-refractivity contribution in [1.29, 1.82) is 0 Å². The molecular weight excluding hydrogens is 703 g/mol. The molecule has 23 heteroatoms. The summed E-state index contributed by atoms with van der Waals surface area (Å²) in [7, 11) is -11.8. The van der Waals surface area contributed by atoms with Gasteiger partial charge in [-0.05, 0) is 6.42 Å². The highest BCUT2D eigenvalue weighted by molar-refractivity contribution is 8.34. The molecule has 0 spiro atoms. The zero-order valence-corrected chi connectivity index (χ0v) is 24.7. The molecule has 4 nitrogen and oxygen atoms in total. The average Bonchev–Trinajstić information content (AvgIpc) is 2.81. The quantitative estimate of drug-likeness (QED) is 0.111. The third-order valence-corrected chi connectivity index (χ3v) is 12.8. The Morgan fingerprint density at radius 2 is 0.932 bits per heavy atom. The van der Waals surface area contributed by atoms with E-state index in [2.05, 4.69) is 3.63 Å². The summed E-state index contributed by atoms with van der Waals surface area (Å²) in [5, 5.41) is -10.6. The summed E-state index contributed by atoms with van der Waals surface area (Å²) in [5.74, 6) is -54.2. The normalized spacial score (nSPS) is 16.2. The van der Waals surface area contributed by atoms with E-state index in [0.717, 1.165) is 27.7 Å². The Morgan fingerprint density at radius 1 is 0.591 bits per heavy atom. The molecule has 0 aromatic rings. The summed E-state index contributed by atoms with van der Waals surface area (Å²) in [5.41, 5.74) is 0. The predicted octanol–water partition coefficient (Wildman–Crippen LogP) is 8.99. The fraction of sp³-hybridized carbons (Fsp3) is 0.952. The van der Waals surface area contributed by atoms with E-state index in [9.17, 15) is 87.8 Å². The maximum atomic E-state index is 14.6. The predicted molar refractivity (Wildman–Crippen MR) is 123 cm³/mol. The number of alkyl halides is 17.